The zero-order valence-corrected chi connectivity index (χ0v) is 10.5. The molecule has 0 unspecified atom stereocenters. The summed E-state index contributed by atoms with van der Waals surface area (Å²) < 4.78 is 0. The molecule has 0 radical (unpaired) electrons. The van der Waals surface area contributed by atoms with Crippen LogP contribution < -0.4 is 5.73 Å². The van der Waals surface area contributed by atoms with Crippen molar-refractivity contribution in [2.75, 3.05) is 6.54 Å². The number of hydrogen-bond donors (Lipinski definition) is 2. The minimum Gasteiger partial charge on any atom is -0.481 e. The number of allylic oxidation sites excluding steroid dienone is 1. The van der Waals surface area contributed by atoms with E-state index in [0.29, 0.717) is 6.42 Å². The summed E-state index contributed by atoms with van der Waals surface area (Å²) in [4.78, 5) is 14.4. The van der Waals surface area contributed by atoms with Gasteiger partial charge in [0.2, 0.25) is 0 Å². The second kappa shape index (κ2) is 12.7. The van der Waals surface area contributed by atoms with Gasteiger partial charge in [0.15, 0.2) is 0 Å². The predicted octanol–water partition coefficient (Wildman–Crippen LogP) is 2.74. The molecule has 0 aliphatic rings. The van der Waals surface area contributed by atoms with Gasteiger partial charge >= 0.3 is 5.97 Å². The van der Waals surface area contributed by atoms with Gasteiger partial charge in [0.05, 0.1) is 0 Å². The van der Waals surface area contributed by atoms with Crippen LogP contribution in [0.4, 0.5) is 0 Å². The highest BCUT2D eigenvalue weighted by Crippen LogP contribution is 2.08. The summed E-state index contributed by atoms with van der Waals surface area (Å²) in [6, 6.07) is 0. The van der Waals surface area contributed by atoms with E-state index < -0.39 is 5.97 Å². The number of hydrogen-bond acceptors (Lipinski definition) is 3. The molecule has 0 fully saturated rings. The van der Waals surface area contributed by atoms with Crippen LogP contribution in [0.2, 0.25) is 0 Å². The van der Waals surface area contributed by atoms with Crippen molar-refractivity contribution >= 4 is 12.2 Å². The molecule has 0 atom stereocenters. The van der Waals surface area contributed by atoms with Crippen molar-refractivity contribution in [3.63, 3.8) is 0 Å². The van der Waals surface area contributed by atoms with Gasteiger partial charge in [-0.2, -0.15) is 0 Å². The molecular formula is C13H24N2O2. The average Bonchev–Trinajstić information content (AvgIpc) is 2.30. The fraction of sp³-hybridized carbons (Fsp3) is 0.692. The Hall–Kier alpha value is -1.32. The van der Waals surface area contributed by atoms with Crippen molar-refractivity contribution < 1.29 is 9.90 Å². The van der Waals surface area contributed by atoms with Crippen LogP contribution in [-0.4, -0.2) is 23.8 Å². The van der Waals surface area contributed by atoms with Crippen LogP contribution in [0.5, 0.6) is 0 Å². The molecular weight excluding hydrogens is 216 g/mol. The number of carboxylic acids is 1. The maximum atomic E-state index is 10.3. The number of nitrogens with zero attached hydrogens (tertiary/aromatic N) is 1. The summed E-state index contributed by atoms with van der Waals surface area (Å²) >= 11 is 0. The topological polar surface area (TPSA) is 75.7 Å². The standard InChI is InChI=1S/C13H24N2O2/c14-10-8-12-15-11-7-5-3-1-2-4-6-9-13(16)17/h8,10,12H,1-7,9,11,14H2,(H,16,17)/b10-8-,15-12?. The van der Waals surface area contributed by atoms with Crippen molar-refractivity contribution in [3.8, 4) is 0 Å². The Labute approximate surface area is 104 Å². The summed E-state index contributed by atoms with van der Waals surface area (Å²) in [5.74, 6) is -0.686. The molecule has 0 aliphatic heterocycles. The minimum absolute atomic E-state index is 0.309. The fourth-order valence-corrected chi connectivity index (χ4v) is 1.55. The molecule has 0 rings (SSSR count). The van der Waals surface area contributed by atoms with Crippen LogP contribution in [0.25, 0.3) is 0 Å². The molecule has 0 saturated heterocycles. The maximum Gasteiger partial charge on any atom is 0.303 e. The third-order valence-corrected chi connectivity index (χ3v) is 2.48. The minimum atomic E-state index is -0.686. The van der Waals surface area contributed by atoms with Crippen LogP contribution in [-0.2, 0) is 4.79 Å². The zero-order valence-electron chi connectivity index (χ0n) is 10.5. The molecule has 0 aromatic carbocycles. The Balaban J connectivity index is 3.06. The maximum absolute atomic E-state index is 10.3. The average molecular weight is 240 g/mol. The largest absolute Gasteiger partial charge is 0.481 e. The lowest BCUT2D eigenvalue weighted by Crippen LogP contribution is -1.93. The third kappa shape index (κ3) is 14.7. The molecule has 98 valence electrons. The Morgan fingerprint density at radius 2 is 1.65 bits per heavy atom. The molecule has 0 aromatic rings. The van der Waals surface area contributed by atoms with Crippen LogP contribution in [0.1, 0.15) is 51.4 Å². The van der Waals surface area contributed by atoms with Crippen LogP contribution in [0.3, 0.4) is 0 Å². The molecule has 0 amide bonds. The number of carboxylic acid groups (broad SMARTS) is 1. The Morgan fingerprint density at radius 3 is 2.24 bits per heavy atom. The van der Waals surface area contributed by atoms with E-state index in [1.807, 2.05) is 0 Å². The van der Waals surface area contributed by atoms with Gasteiger partial charge in [-0.1, -0.05) is 32.1 Å². The van der Waals surface area contributed by atoms with Crippen LogP contribution >= 0.6 is 0 Å². The normalized spacial score (nSPS) is 11.5. The lowest BCUT2D eigenvalue weighted by atomic mass is 10.1. The monoisotopic (exact) mass is 240 g/mol. The first-order valence-corrected chi connectivity index (χ1v) is 6.36. The summed E-state index contributed by atoms with van der Waals surface area (Å²) in [6.45, 7) is 0.864. The predicted molar refractivity (Wildman–Crippen MR) is 71.3 cm³/mol. The summed E-state index contributed by atoms with van der Waals surface area (Å²) in [6.07, 6.45) is 13.0. The van der Waals surface area contributed by atoms with E-state index >= 15 is 0 Å². The smallest absolute Gasteiger partial charge is 0.303 e. The van der Waals surface area contributed by atoms with Crippen molar-refractivity contribution in [2.45, 2.75) is 51.4 Å². The van der Waals surface area contributed by atoms with Gasteiger partial charge in [0, 0.05) is 19.2 Å². The van der Waals surface area contributed by atoms with E-state index in [2.05, 4.69) is 4.99 Å². The molecule has 4 nitrogen and oxygen atoms in total. The number of unbranched alkanes of at least 4 members (excludes halogenated alkanes) is 6. The van der Waals surface area contributed by atoms with Gasteiger partial charge in [0.1, 0.15) is 0 Å². The van der Waals surface area contributed by atoms with Gasteiger partial charge < -0.3 is 10.8 Å². The van der Waals surface area contributed by atoms with Gasteiger partial charge in [-0.25, -0.2) is 0 Å². The van der Waals surface area contributed by atoms with Crippen molar-refractivity contribution in [2.24, 2.45) is 10.7 Å². The van der Waals surface area contributed by atoms with E-state index in [1.165, 1.54) is 25.5 Å². The zero-order chi connectivity index (χ0) is 12.8. The summed E-state index contributed by atoms with van der Waals surface area (Å²) in [5, 5.41) is 8.45. The van der Waals surface area contributed by atoms with E-state index in [0.717, 1.165) is 32.2 Å². The second-order valence-corrected chi connectivity index (χ2v) is 4.06. The third-order valence-electron chi connectivity index (χ3n) is 2.48. The molecule has 3 N–H and O–H groups in total. The highest BCUT2D eigenvalue weighted by atomic mass is 16.4. The quantitative estimate of drug-likeness (QED) is 0.430. The van der Waals surface area contributed by atoms with E-state index in [4.69, 9.17) is 10.8 Å². The van der Waals surface area contributed by atoms with Gasteiger partial charge in [0.25, 0.3) is 0 Å². The molecule has 0 spiro atoms. The molecule has 0 aliphatic carbocycles. The first-order valence-electron chi connectivity index (χ1n) is 6.36. The number of aliphatic carboxylic acids is 1. The van der Waals surface area contributed by atoms with E-state index in [-0.39, 0.29) is 0 Å². The van der Waals surface area contributed by atoms with Crippen molar-refractivity contribution in [1.29, 1.82) is 0 Å². The molecule has 0 aromatic heterocycles. The first kappa shape index (κ1) is 15.7. The SMILES string of the molecule is N/C=C\C=NCCCCCCCCCC(=O)O. The summed E-state index contributed by atoms with van der Waals surface area (Å²) in [5.41, 5.74) is 5.16. The van der Waals surface area contributed by atoms with Crippen molar-refractivity contribution in [1.82, 2.24) is 0 Å². The highest BCUT2D eigenvalue weighted by molar-refractivity contribution is 5.70. The van der Waals surface area contributed by atoms with Gasteiger partial charge in [-0.05, 0) is 25.1 Å². The number of rotatable bonds is 11. The fourth-order valence-electron chi connectivity index (χ4n) is 1.55. The Kier molecular flexibility index (Phi) is 11.8. The Morgan fingerprint density at radius 1 is 1.06 bits per heavy atom. The second-order valence-electron chi connectivity index (χ2n) is 4.06. The molecule has 4 heteroatoms. The van der Waals surface area contributed by atoms with Gasteiger partial charge in [-0.15, -0.1) is 0 Å². The Bertz CT molecular complexity index is 238. The molecule has 0 bridgehead atoms. The lowest BCUT2D eigenvalue weighted by molar-refractivity contribution is -0.137. The van der Waals surface area contributed by atoms with Gasteiger partial charge in [-0.3, -0.25) is 9.79 Å². The highest BCUT2D eigenvalue weighted by Gasteiger charge is 1.96. The molecule has 17 heavy (non-hydrogen) atoms. The van der Waals surface area contributed by atoms with Crippen LogP contribution in [0, 0.1) is 0 Å². The van der Waals surface area contributed by atoms with Crippen LogP contribution in [0.15, 0.2) is 17.3 Å². The first-order chi connectivity index (χ1) is 8.27. The molecule has 0 saturated carbocycles. The van der Waals surface area contributed by atoms with E-state index in [1.54, 1.807) is 12.3 Å². The number of carbonyl (C=O) groups is 1. The van der Waals surface area contributed by atoms with Crippen molar-refractivity contribution in [3.05, 3.63) is 12.3 Å². The summed E-state index contributed by atoms with van der Waals surface area (Å²) in [7, 11) is 0. The molecule has 0 heterocycles. The number of aliphatic imine (C=N–C) groups is 1. The van der Waals surface area contributed by atoms with E-state index in [9.17, 15) is 4.79 Å². The number of nitrogens with two attached hydrogens (primary N) is 1. The lowest BCUT2D eigenvalue weighted by Gasteiger charge is -1.99.